The van der Waals surface area contributed by atoms with Gasteiger partial charge in [-0.05, 0) is 67.6 Å². The van der Waals surface area contributed by atoms with Crippen LogP contribution in [-0.4, -0.2) is 19.5 Å². The molecular weight excluding hydrogens is 510 g/mol. The highest BCUT2D eigenvalue weighted by atomic mass is 35.5. The number of rotatable bonds is 5. The van der Waals surface area contributed by atoms with Crippen LogP contribution in [0.2, 0.25) is 0 Å². The van der Waals surface area contributed by atoms with Gasteiger partial charge in [-0.1, -0.05) is 38.1 Å². The van der Waals surface area contributed by atoms with E-state index in [1.807, 2.05) is 6.07 Å². The van der Waals surface area contributed by atoms with Crippen LogP contribution in [-0.2, 0) is 19.4 Å². The third kappa shape index (κ3) is 5.00. The van der Waals surface area contributed by atoms with E-state index < -0.39 is 0 Å². The zero-order valence-electron chi connectivity index (χ0n) is 23.6. The van der Waals surface area contributed by atoms with Gasteiger partial charge in [0.2, 0.25) is 12.5 Å². The van der Waals surface area contributed by atoms with Gasteiger partial charge in [0, 0.05) is 23.8 Å². The average Bonchev–Trinajstić information content (AvgIpc) is 3.34. The lowest BCUT2D eigenvalue weighted by Gasteiger charge is -2.25. The van der Waals surface area contributed by atoms with Crippen molar-refractivity contribution in [1.29, 1.82) is 0 Å². The van der Waals surface area contributed by atoms with E-state index in [4.69, 9.17) is 18.9 Å². The molecule has 0 unspecified atom stereocenters. The Bertz CT molecular complexity index is 1540. The Morgan fingerprint density at radius 2 is 1.67 bits per heavy atom. The van der Waals surface area contributed by atoms with E-state index in [0.29, 0.717) is 5.92 Å². The lowest BCUT2D eigenvalue weighted by atomic mass is 9.88. The average molecular weight is 546 g/mol. The molecule has 0 saturated heterocycles. The van der Waals surface area contributed by atoms with Crippen LogP contribution < -0.4 is 35.9 Å². The molecule has 0 saturated carbocycles. The monoisotopic (exact) mass is 545 g/mol. The number of nitrogens with zero attached hydrogens (tertiary/aromatic N) is 1. The summed E-state index contributed by atoms with van der Waals surface area (Å²) in [4.78, 5) is 0. The molecule has 3 heterocycles. The van der Waals surface area contributed by atoms with Gasteiger partial charge < -0.3 is 31.4 Å². The van der Waals surface area contributed by atoms with Crippen LogP contribution in [0.3, 0.4) is 0 Å². The van der Waals surface area contributed by atoms with E-state index >= 15 is 0 Å². The van der Waals surface area contributed by atoms with Crippen LogP contribution in [0, 0.1) is 0 Å². The van der Waals surface area contributed by atoms with Crippen molar-refractivity contribution in [1.82, 2.24) is 0 Å². The molecule has 0 N–H and O–H groups in total. The van der Waals surface area contributed by atoms with Gasteiger partial charge in [0.25, 0.3) is 0 Å². The molecule has 6 rings (SSSR count). The second kappa shape index (κ2) is 10.3. The Kier molecular flexibility index (Phi) is 7.15. The van der Waals surface area contributed by atoms with E-state index in [1.165, 1.54) is 38.9 Å². The molecule has 0 fully saturated rings. The van der Waals surface area contributed by atoms with Crippen molar-refractivity contribution in [3.05, 3.63) is 77.0 Å². The van der Waals surface area contributed by atoms with Crippen LogP contribution in [0.1, 0.15) is 62.8 Å². The Morgan fingerprint density at radius 3 is 2.33 bits per heavy atom. The zero-order chi connectivity index (χ0) is 26.6. The highest BCUT2D eigenvalue weighted by molar-refractivity contribution is 5.95. The first kappa shape index (κ1) is 27.1. The largest absolute Gasteiger partial charge is 1.00 e. The molecule has 6 heteroatoms. The summed E-state index contributed by atoms with van der Waals surface area (Å²) in [5, 5.41) is 2.25. The predicted molar refractivity (Wildman–Crippen MR) is 150 cm³/mol. The number of pyridine rings is 1. The highest BCUT2D eigenvalue weighted by Crippen LogP contribution is 2.44. The maximum Gasteiger partial charge on any atom is 0.231 e. The van der Waals surface area contributed by atoms with Crippen molar-refractivity contribution in [2.45, 2.75) is 65.5 Å². The van der Waals surface area contributed by atoms with Crippen molar-refractivity contribution in [2.75, 3.05) is 13.9 Å². The summed E-state index contributed by atoms with van der Waals surface area (Å²) in [6.07, 6.45) is 3.98. The number of fused-ring (bicyclic) bond motifs is 5. The van der Waals surface area contributed by atoms with Gasteiger partial charge in [0.15, 0.2) is 35.7 Å². The molecule has 2 aliphatic rings. The maximum absolute atomic E-state index is 6.53. The summed E-state index contributed by atoms with van der Waals surface area (Å²) in [5.74, 6) is 3.71. The molecule has 204 valence electrons. The van der Waals surface area contributed by atoms with Crippen LogP contribution >= 0.6 is 0 Å². The maximum atomic E-state index is 6.53. The highest BCUT2D eigenvalue weighted by Gasteiger charge is 2.33. The molecule has 39 heavy (non-hydrogen) atoms. The molecule has 5 nitrogen and oxygen atoms in total. The van der Waals surface area contributed by atoms with Crippen LogP contribution in [0.25, 0.3) is 22.0 Å². The van der Waals surface area contributed by atoms with Gasteiger partial charge >= 0.3 is 0 Å². The SMILES string of the molecule is COc1ccc2c(Cc3ccc(C(C)C)cc3)c3[n+](cc2c1OC(C)(C)C)CCc1cc2c(cc1-3)OCO2.[Cl-]. The van der Waals surface area contributed by atoms with Gasteiger partial charge in [-0.2, -0.15) is 4.57 Å². The summed E-state index contributed by atoms with van der Waals surface area (Å²) >= 11 is 0. The Labute approximate surface area is 237 Å². The van der Waals surface area contributed by atoms with Gasteiger partial charge in [-0.3, -0.25) is 0 Å². The second-order valence-electron chi connectivity index (χ2n) is 11.6. The van der Waals surface area contributed by atoms with E-state index in [0.717, 1.165) is 47.8 Å². The minimum atomic E-state index is -0.362. The molecule has 0 spiro atoms. The Morgan fingerprint density at radius 1 is 0.949 bits per heavy atom. The van der Waals surface area contributed by atoms with E-state index in [-0.39, 0.29) is 24.8 Å². The normalized spacial score (nSPS) is 13.6. The fourth-order valence-corrected chi connectivity index (χ4v) is 5.61. The van der Waals surface area contributed by atoms with Crippen LogP contribution in [0.15, 0.2) is 54.7 Å². The summed E-state index contributed by atoms with van der Waals surface area (Å²) in [5.41, 5.74) is 7.30. The molecule has 3 aromatic carbocycles. The molecule has 0 radical (unpaired) electrons. The number of hydrogen-bond donors (Lipinski definition) is 0. The first-order chi connectivity index (χ1) is 18.2. The minimum absolute atomic E-state index is 0. The number of benzene rings is 3. The first-order valence-electron chi connectivity index (χ1n) is 13.5. The molecule has 0 bridgehead atoms. The van der Waals surface area contributed by atoms with Gasteiger partial charge in [0.1, 0.15) is 5.60 Å². The number of ether oxygens (including phenoxy) is 4. The molecule has 4 aromatic rings. The Hall–Kier alpha value is -3.44. The number of halogens is 1. The van der Waals surface area contributed by atoms with Crippen LogP contribution in [0.4, 0.5) is 0 Å². The lowest BCUT2D eigenvalue weighted by molar-refractivity contribution is -0.686. The smallest absolute Gasteiger partial charge is 0.231 e. The molecule has 1 aromatic heterocycles. The van der Waals surface area contributed by atoms with E-state index in [1.54, 1.807) is 7.11 Å². The quantitative estimate of drug-likeness (QED) is 0.356. The fourth-order valence-electron chi connectivity index (χ4n) is 5.61. The van der Waals surface area contributed by atoms with Crippen molar-refractivity contribution in [3.63, 3.8) is 0 Å². The summed E-state index contributed by atoms with van der Waals surface area (Å²) < 4.78 is 26.2. The standard InChI is InChI=1S/C33H36NO4.ClH/c1-20(2)22-9-7-21(8-10-22)15-26-24-11-12-28(35-6)32(38-33(3,4)5)27(24)18-34-14-13-23-16-29-30(37-19-36-29)17-25(23)31(26)34;/h7-12,16-18,20H,13-15,19H2,1-6H3;1H/q+1;/p-1. The third-order valence-electron chi connectivity index (χ3n) is 7.47. The van der Waals surface area contributed by atoms with Crippen molar-refractivity contribution in [2.24, 2.45) is 0 Å². The third-order valence-corrected chi connectivity index (χ3v) is 7.47. The van der Waals surface area contributed by atoms with Gasteiger partial charge in [-0.15, -0.1) is 0 Å². The zero-order valence-corrected chi connectivity index (χ0v) is 24.3. The van der Waals surface area contributed by atoms with Crippen molar-refractivity contribution >= 4 is 10.8 Å². The summed E-state index contributed by atoms with van der Waals surface area (Å²) in [7, 11) is 1.71. The lowest BCUT2D eigenvalue weighted by Crippen LogP contribution is -3.00. The molecular formula is C33H36ClNO4. The molecule has 2 aliphatic heterocycles. The fraction of sp³-hybridized carbons (Fsp3) is 0.364. The first-order valence-corrected chi connectivity index (χ1v) is 13.5. The van der Waals surface area contributed by atoms with Crippen molar-refractivity contribution in [3.8, 4) is 34.3 Å². The van der Waals surface area contributed by atoms with Gasteiger partial charge in [-0.25, -0.2) is 0 Å². The summed E-state index contributed by atoms with van der Waals surface area (Å²) in [6.45, 7) is 11.9. The van der Waals surface area contributed by atoms with Crippen molar-refractivity contribution < 1.29 is 35.9 Å². The summed E-state index contributed by atoms with van der Waals surface area (Å²) in [6, 6.07) is 17.6. The molecule has 0 atom stereocenters. The Balaban J connectivity index is 0.00000308. The number of aryl methyl sites for hydroxylation is 2. The molecule has 0 aliphatic carbocycles. The molecule has 0 amide bonds. The number of hydrogen-bond acceptors (Lipinski definition) is 4. The predicted octanol–water partition coefficient (Wildman–Crippen LogP) is 3.98. The van der Waals surface area contributed by atoms with E-state index in [2.05, 4.69) is 87.8 Å². The number of aromatic nitrogens is 1. The second-order valence-corrected chi connectivity index (χ2v) is 11.6. The van der Waals surface area contributed by atoms with Crippen LogP contribution in [0.5, 0.6) is 23.0 Å². The van der Waals surface area contributed by atoms with Gasteiger partial charge in [0.05, 0.1) is 18.1 Å². The topological polar surface area (TPSA) is 40.8 Å². The van der Waals surface area contributed by atoms with E-state index in [9.17, 15) is 0 Å². The number of methoxy groups -OCH3 is 1. The minimum Gasteiger partial charge on any atom is -1.00 e.